The number of likely N-dealkylation sites (tertiary alicyclic amines) is 1. The molecule has 3 fully saturated rings. The van der Waals surface area contributed by atoms with Gasteiger partial charge in [0.15, 0.2) is 5.60 Å². The van der Waals surface area contributed by atoms with Crippen LogP contribution in [-0.2, 0) is 10.4 Å². The quantitative estimate of drug-likeness (QED) is 0.410. The van der Waals surface area contributed by atoms with Crippen molar-refractivity contribution in [1.82, 2.24) is 10.2 Å². The zero-order valence-corrected chi connectivity index (χ0v) is 20.1. The molecular weight excluding hydrogens is 480 g/mol. The largest absolute Gasteiger partial charge is 0.375 e. The molecule has 5 rings (SSSR count). The lowest BCUT2D eigenvalue weighted by molar-refractivity contribution is -0.394. The summed E-state index contributed by atoms with van der Waals surface area (Å²) in [4.78, 5) is 48.6. The number of non-ortho nitro benzene ring substituents is 2. The minimum Gasteiger partial charge on any atom is -0.375 e. The SMILES string of the molecule is O=C(c1cc([N+](=O)[O-])cc([N+](=O)[O-])c1)N1CC2[C@H](CNC(=O)C(O)(c3ccccc3)C3CCCC3)[C@H]2C1. The molecule has 2 unspecified atom stereocenters. The van der Waals surface area contributed by atoms with Crippen molar-refractivity contribution in [3.8, 4) is 0 Å². The first-order valence-corrected chi connectivity index (χ1v) is 12.5. The average Bonchev–Trinajstić information content (AvgIpc) is 3.30. The Labute approximate surface area is 212 Å². The number of fused-ring (bicyclic) bond motifs is 1. The first-order valence-electron chi connectivity index (χ1n) is 12.5. The van der Waals surface area contributed by atoms with E-state index < -0.39 is 38.6 Å². The van der Waals surface area contributed by atoms with Crippen LogP contribution in [0.4, 0.5) is 11.4 Å². The molecule has 2 aromatic rings. The monoisotopic (exact) mass is 508 g/mol. The number of hydrogen-bond acceptors (Lipinski definition) is 7. The number of rotatable bonds is 8. The van der Waals surface area contributed by atoms with E-state index >= 15 is 0 Å². The maximum atomic E-state index is 13.3. The van der Waals surface area contributed by atoms with Crippen molar-refractivity contribution in [1.29, 1.82) is 0 Å². The summed E-state index contributed by atoms with van der Waals surface area (Å²) >= 11 is 0. The topological polar surface area (TPSA) is 156 Å². The number of carbonyl (C=O) groups is 2. The highest BCUT2D eigenvalue weighted by Gasteiger charge is 2.57. The van der Waals surface area contributed by atoms with Crippen LogP contribution in [0.5, 0.6) is 0 Å². The molecule has 37 heavy (non-hydrogen) atoms. The van der Waals surface area contributed by atoms with Crippen LogP contribution in [0, 0.1) is 43.9 Å². The van der Waals surface area contributed by atoms with Crippen LogP contribution in [0.1, 0.15) is 41.6 Å². The maximum absolute atomic E-state index is 13.3. The van der Waals surface area contributed by atoms with Crippen LogP contribution in [0.25, 0.3) is 0 Å². The Morgan fingerprint density at radius 1 is 0.973 bits per heavy atom. The Balaban J connectivity index is 1.21. The van der Waals surface area contributed by atoms with E-state index in [1.165, 1.54) is 0 Å². The van der Waals surface area contributed by atoms with E-state index in [-0.39, 0.29) is 29.2 Å². The molecule has 1 aliphatic heterocycles. The number of aliphatic hydroxyl groups is 1. The van der Waals surface area contributed by atoms with E-state index in [1.54, 1.807) is 17.0 Å². The second-order valence-electron chi connectivity index (χ2n) is 10.3. The molecule has 4 atom stereocenters. The lowest BCUT2D eigenvalue weighted by Gasteiger charge is -2.33. The molecule has 2 amide bonds. The second-order valence-corrected chi connectivity index (χ2v) is 10.3. The van der Waals surface area contributed by atoms with E-state index in [4.69, 9.17) is 0 Å². The van der Waals surface area contributed by atoms with E-state index in [0.29, 0.717) is 25.2 Å². The van der Waals surface area contributed by atoms with Crippen molar-refractivity contribution < 1.29 is 24.5 Å². The highest BCUT2D eigenvalue weighted by atomic mass is 16.6. The number of amides is 2. The van der Waals surface area contributed by atoms with Crippen LogP contribution < -0.4 is 5.32 Å². The number of nitrogens with one attached hydrogen (secondary N) is 1. The smallest absolute Gasteiger partial charge is 0.277 e. The molecule has 0 spiro atoms. The Morgan fingerprint density at radius 2 is 1.54 bits per heavy atom. The van der Waals surface area contributed by atoms with Gasteiger partial charge in [0.1, 0.15) is 0 Å². The van der Waals surface area contributed by atoms with Gasteiger partial charge in [0.25, 0.3) is 23.2 Å². The molecule has 3 aliphatic rings. The van der Waals surface area contributed by atoms with Crippen molar-refractivity contribution in [2.75, 3.05) is 19.6 Å². The van der Waals surface area contributed by atoms with Gasteiger partial charge >= 0.3 is 0 Å². The van der Waals surface area contributed by atoms with E-state index in [2.05, 4.69) is 5.32 Å². The Kier molecular flexibility index (Phi) is 6.40. The molecule has 0 bridgehead atoms. The third-order valence-corrected chi connectivity index (χ3v) is 8.23. The van der Waals surface area contributed by atoms with Gasteiger partial charge in [0.2, 0.25) is 0 Å². The van der Waals surface area contributed by atoms with Crippen LogP contribution >= 0.6 is 0 Å². The molecule has 0 aromatic heterocycles. The van der Waals surface area contributed by atoms with Gasteiger partial charge in [0.05, 0.1) is 21.5 Å². The lowest BCUT2D eigenvalue weighted by Crippen LogP contribution is -2.49. The summed E-state index contributed by atoms with van der Waals surface area (Å²) in [5.74, 6) is -0.533. The standard InChI is InChI=1S/C26H28N4O7/c31-24(16-10-19(29(34)35)12-20(11-16)30(36)37)28-14-22-21(23(22)15-28)13-27-25(32)26(33,18-8-4-5-9-18)17-6-2-1-3-7-17/h1-3,6-7,10-12,18,21-23,33H,4-5,8-9,13-15H2,(H,27,32)/t21-,22-,23?,26?/m1/s1. The van der Waals surface area contributed by atoms with Crippen molar-refractivity contribution >= 4 is 23.2 Å². The summed E-state index contributed by atoms with van der Waals surface area (Å²) in [5, 5.41) is 36.9. The van der Waals surface area contributed by atoms with Crippen LogP contribution in [0.2, 0.25) is 0 Å². The molecule has 2 aliphatic carbocycles. The number of nitro groups is 2. The first-order chi connectivity index (χ1) is 17.7. The molecule has 0 radical (unpaired) electrons. The highest BCUT2D eigenvalue weighted by Crippen LogP contribution is 2.52. The summed E-state index contributed by atoms with van der Waals surface area (Å²) in [7, 11) is 0. The van der Waals surface area contributed by atoms with Gasteiger partial charge in [-0.2, -0.15) is 0 Å². The van der Waals surface area contributed by atoms with E-state index in [9.17, 15) is 34.9 Å². The summed E-state index contributed by atoms with van der Waals surface area (Å²) in [5.41, 5.74) is -2.08. The molecule has 194 valence electrons. The second kappa shape index (κ2) is 9.55. The molecule has 1 heterocycles. The predicted molar refractivity (Wildman–Crippen MR) is 131 cm³/mol. The predicted octanol–water partition coefficient (Wildman–Crippen LogP) is 3.02. The normalized spacial score (nSPS) is 24.2. The van der Waals surface area contributed by atoms with Gasteiger partial charge in [-0.3, -0.25) is 29.8 Å². The van der Waals surface area contributed by atoms with Crippen molar-refractivity contribution in [2.45, 2.75) is 31.3 Å². The zero-order chi connectivity index (χ0) is 26.3. The number of piperidine rings is 1. The number of benzene rings is 2. The Hall–Kier alpha value is -3.86. The number of hydrogen-bond donors (Lipinski definition) is 2. The van der Waals surface area contributed by atoms with Crippen LogP contribution in [0.15, 0.2) is 48.5 Å². The molecule has 2 N–H and O–H groups in total. The minimum absolute atomic E-state index is 0.0865. The average molecular weight is 509 g/mol. The van der Waals surface area contributed by atoms with Gasteiger partial charge in [-0.25, -0.2) is 0 Å². The third-order valence-electron chi connectivity index (χ3n) is 8.23. The zero-order valence-electron chi connectivity index (χ0n) is 20.1. The van der Waals surface area contributed by atoms with E-state index in [0.717, 1.165) is 43.9 Å². The van der Waals surface area contributed by atoms with E-state index in [1.807, 2.05) is 18.2 Å². The highest BCUT2D eigenvalue weighted by molar-refractivity contribution is 5.96. The Morgan fingerprint density at radius 3 is 2.08 bits per heavy atom. The fourth-order valence-electron chi connectivity index (χ4n) is 6.16. The van der Waals surface area contributed by atoms with Crippen molar-refractivity contribution in [3.05, 3.63) is 79.9 Å². The van der Waals surface area contributed by atoms with Gasteiger partial charge in [-0.15, -0.1) is 0 Å². The summed E-state index contributed by atoms with van der Waals surface area (Å²) in [6, 6.07) is 12.0. The number of carbonyl (C=O) groups excluding carboxylic acids is 2. The summed E-state index contributed by atoms with van der Waals surface area (Å²) in [6.07, 6.45) is 3.55. The minimum atomic E-state index is -1.58. The molecule has 11 heteroatoms. The fourth-order valence-corrected chi connectivity index (χ4v) is 6.16. The molecule has 1 saturated heterocycles. The van der Waals surface area contributed by atoms with Crippen molar-refractivity contribution in [3.63, 3.8) is 0 Å². The molecule has 11 nitrogen and oxygen atoms in total. The van der Waals surface area contributed by atoms with Crippen LogP contribution in [0.3, 0.4) is 0 Å². The Bertz CT molecular complexity index is 1200. The molecule has 2 saturated carbocycles. The van der Waals surface area contributed by atoms with Gasteiger partial charge in [-0.1, -0.05) is 43.2 Å². The summed E-state index contributed by atoms with van der Waals surface area (Å²) in [6.45, 7) is 1.21. The van der Waals surface area contributed by atoms with Gasteiger partial charge < -0.3 is 15.3 Å². The third kappa shape index (κ3) is 4.55. The lowest BCUT2D eigenvalue weighted by atomic mass is 9.79. The van der Waals surface area contributed by atoms with Gasteiger partial charge in [-0.05, 0) is 36.2 Å². The first kappa shape index (κ1) is 24.8. The fraction of sp³-hybridized carbons (Fsp3) is 0.462. The molecular formula is C26H28N4O7. The van der Waals surface area contributed by atoms with Crippen molar-refractivity contribution in [2.24, 2.45) is 23.7 Å². The summed E-state index contributed by atoms with van der Waals surface area (Å²) < 4.78 is 0. The molecule has 2 aromatic carbocycles. The van der Waals surface area contributed by atoms with Crippen LogP contribution in [-0.4, -0.2) is 51.3 Å². The number of nitro benzene ring substituents is 2. The maximum Gasteiger partial charge on any atom is 0.277 e. The van der Waals surface area contributed by atoms with Gasteiger partial charge in [0, 0.05) is 37.7 Å². The number of nitrogens with zero attached hydrogens (tertiary/aromatic N) is 3.